The zero-order chi connectivity index (χ0) is 13.2. The minimum Gasteiger partial charge on any atom is -0.395 e. The van der Waals surface area contributed by atoms with Gasteiger partial charge in [-0.2, -0.15) is 4.31 Å². The maximum Gasteiger partial charge on any atom is 0.243 e. The fourth-order valence-corrected chi connectivity index (χ4v) is 3.75. The van der Waals surface area contributed by atoms with E-state index in [4.69, 9.17) is 16.3 Å². The highest BCUT2D eigenvalue weighted by molar-refractivity contribution is 7.89. The molecule has 0 radical (unpaired) electrons. The van der Waals surface area contributed by atoms with Gasteiger partial charge in [-0.3, -0.25) is 0 Å². The molecule has 0 aromatic heterocycles. The van der Waals surface area contributed by atoms with Crippen LogP contribution in [0.1, 0.15) is 0 Å². The molecule has 18 heavy (non-hydrogen) atoms. The van der Waals surface area contributed by atoms with E-state index < -0.39 is 16.1 Å². The Kier molecular flexibility index (Phi) is 4.24. The van der Waals surface area contributed by atoms with Gasteiger partial charge in [-0.15, -0.1) is 0 Å². The summed E-state index contributed by atoms with van der Waals surface area (Å²) >= 11 is 5.80. The second-order valence-electron chi connectivity index (χ2n) is 3.98. The first kappa shape index (κ1) is 13.8. The van der Waals surface area contributed by atoms with Gasteiger partial charge in [0.15, 0.2) is 0 Å². The monoisotopic (exact) mass is 291 g/mol. The fourth-order valence-electron chi connectivity index (χ4n) is 1.86. The van der Waals surface area contributed by atoms with E-state index in [1.165, 1.54) is 16.4 Å². The molecular formula is C11H14ClNO4S. The van der Waals surface area contributed by atoms with Crippen molar-refractivity contribution in [3.05, 3.63) is 29.3 Å². The topological polar surface area (TPSA) is 66.8 Å². The van der Waals surface area contributed by atoms with Crippen LogP contribution in [-0.4, -0.2) is 50.2 Å². The third-order valence-corrected chi connectivity index (χ3v) is 4.97. The summed E-state index contributed by atoms with van der Waals surface area (Å²) in [6.07, 6.45) is 0. The second kappa shape index (κ2) is 5.54. The third-order valence-electron chi connectivity index (χ3n) is 2.79. The van der Waals surface area contributed by atoms with Crippen LogP contribution in [0.15, 0.2) is 29.2 Å². The molecule has 1 aromatic rings. The van der Waals surface area contributed by atoms with Crippen molar-refractivity contribution < 1.29 is 18.3 Å². The van der Waals surface area contributed by atoms with Gasteiger partial charge in [0, 0.05) is 11.6 Å². The number of halogens is 1. The number of ether oxygens (including phenoxy) is 1. The number of rotatable bonds is 3. The van der Waals surface area contributed by atoms with Crippen LogP contribution in [-0.2, 0) is 14.8 Å². The van der Waals surface area contributed by atoms with Crippen molar-refractivity contribution in [1.29, 1.82) is 0 Å². The van der Waals surface area contributed by atoms with Gasteiger partial charge >= 0.3 is 0 Å². The summed E-state index contributed by atoms with van der Waals surface area (Å²) in [6.45, 7) is 0.506. The van der Waals surface area contributed by atoms with Gasteiger partial charge in [-0.1, -0.05) is 17.7 Å². The summed E-state index contributed by atoms with van der Waals surface area (Å²) in [5.74, 6) is 0. The van der Waals surface area contributed by atoms with Crippen molar-refractivity contribution in [3.63, 3.8) is 0 Å². The molecule has 1 aliphatic heterocycles. The summed E-state index contributed by atoms with van der Waals surface area (Å²) in [7, 11) is -3.64. The average molecular weight is 292 g/mol. The van der Waals surface area contributed by atoms with Crippen LogP contribution >= 0.6 is 11.6 Å². The number of nitrogens with zero attached hydrogens (tertiary/aromatic N) is 1. The molecule has 1 N–H and O–H groups in total. The summed E-state index contributed by atoms with van der Waals surface area (Å²) in [4.78, 5) is 0.135. The molecule has 1 unspecified atom stereocenters. The molecular weight excluding hydrogens is 278 g/mol. The largest absolute Gasteiger partial charge is 0.395 e. The predicted octanol–water partition coefficient (Wildman–Crippen LogP) is 0.722. The molecule has 0 amide bonds. The Balaban J connectivity index is 2.35. The van der Waals surface area contributed by atoms with Crippen molar-refractivity contribution in [1.82, 2.24) is 4.31 Å². The third kappa shape index (κ3) is 2.67. The molecule has 2 rings (SSSR count). The van der Waals surface area contributed by atoms with Crippen LogP contribution in [0.3, 0.4) is 0 Å². The van der Waals surface area contributed by atoms with E-state index in [2.05, 4.69) is 0 Å². The first-order valence-electron chi connectivity index (χ1n) is 5.51. The van der Waals surface area contributed by atoms with Crippen LogP contribution in [0.25, 0.3) is 0 Å². The van der Waals surface area contributed by atoms with Gasteiger partial charge in [0.05, 0.1) is 30.8 Å². The zero-order valence-corrected chi connectivity index (χ0v) is 11.2. The van der Waals surface area contributed by atoms with Crippen molar-refractivity contribution in [3.8, 4) is 0 Å². The lowest BCUT2D eigenvalue weighted by Crippen LogP contribution is -2.50. The van der Waals surface area contributed by atoms with Crippen LogP contribution in [0.4, 0.5) is 0 Å². The van der Waals surface area contributed by atoms with E-state index in [1.807, 2.05) is 0 Å². The molecule has 1 saturated heterocycles. The van der Waals surface area contributed by atoms with E-state index >= 15 is 0 Å². The highest BCUT2D eigenvalue weighted by Gasteiger charge is 2.33. The first-order chi connectivity index (χ1) is 8.55. The SMILES string of the molecule is O=S(=O)(c1cccc(Cl)c1)N1CCOCC1CO. The van der Waals surface area contributed by atoms with Gasteiger partial charge in [0.25, 0.3) is 0 Å². The predicted molar refractivity (Wildman–Crippen MR) is 67.0 cm³/mol. The molecule has 0 spiro atoms. The van der Waals surface area contributed by atoms with E-state index in [9.17, 15) is 13.5 Å². The Morgan fingerprint density at radius 1 is 1.50 bits per heavy atom. The van der Waals surface area contributed by atoms with Gasteiger partial charge in [0.1, 0.15) is 0 Å². The smallest absolute Gasteiger partial charge is 0.243 e. The number of hydrogen-bond acceptors (Lipinski definition) is 4. The van der Waals surface area contributed by atoms with Crippen molar-refractivity contribution >= 4 is 21.6 Å². The minimum atomic E-state index is -3.64. The number of aliphatic hydroxyl groups is 1. The summed E-state index contributed by atoms with van der Waals surface area (Å²) in [5.41, 5.74) is 0. The molecule has 5 nitrogen and oxygen atoms in total. The maximum absolute atomic E-state index is 12.4. The number of aliphatic hydroxyl groups excluding tert-OH is 1. The van der Waals surface area contributed by atoms with E-state index in [-0.39, 0.29) is 24.7 Å². The summed E-state index contributed by atoms with van der Waals surface area (Å²) in [6, 6.07) is 5.56. The molecule has 0 bridgehead atoms. The minimum absolute atomic E-state index is 0.135. The Labute approximate surface area is 111 Å². The van der Waals surface area contributed by atoms with Crippen molar-refractivity contribution in [2.75, 3.05) is 26.4 Å². The van der Waals surface area contributed by atoms with Crippen LogP contribution in [0, 0.1) is 0 Å². The van der Waals surface area contributed by atoms with E-state index in [1.54, 1.807) is 12.1 Å². The standard InChI is InChI=1S/C11H14ClNO4S/c12-9-2-1-3-11(6-9)18(15,16)13-4-5-17-8-10(13)7-14/h1-3,6,10,14H,4-5,7-8H2. The zero-order valence-electron chi connectivity index (χ0n) is 9.62. The normalized spacial score (nSPS) is 22.0. The van der Waals surface area contributed by atoms with Gasteiger partial charge in [-0.05, 0) is 18.2 Å². The highest BCUT2D eigenvalue weighted by atomic mass is 35.5. The molecule has 1 fully saturated rings. The van der Waals surface area contributed by atoms with Crippen molar-refractivity contribution in [2.45, 2.75) is 10.9 Å². The van der Waals surface area contributed by atoms with Gasteiger partial charge in [0.2, 0.25) is 10.0 Å². The molecule has 1 aromatic carbocycles. The van der Waals surface area contributed by atoms with Crippen LogP contribution in [0.5, 0.6) is 0 Å². The molecule has 0 saturated carbocycles. The summed E-state index contributed by atoms with van der Waals surface area (Å²) in [5, 5.41) is 9.58. The lowest BCUT2D eigenvalue weighted by molar-refractivity contribution is 0.0109. The van der Waals surface area contributed by atoms with Crippen LogP contribution in [0.2, 0.25) is 5.02 Å². The Hall–Kier alpha value is -0.660. The lowest BCUT2D eigenvalue weighted by atomic mass is 10.3. The fraction of sp³-hybridized carbons (Fsp3) is 0.455. The van der Waals surface area contributed by atoms with E-state index in [0.717, 1.165) is 0 Å². The van der Waals surface area contributed by atoms with Gasteiger partial charge < -0.3 is 9.84 Å². The number of sulfonamides is 1. The van der Waals surface area contributed by atoms with E-state index in [0.29, 0.717) is 11.6 Å². The first-order valence-corrected chi connectivity index (χ1v) is 7.33. The molecule has 100 valence electrons. The molecule has 1 heterocycles. The average Bonchev–Trinajstić information content (AvgIpc) is 2.38. The Morgan fingerprint density at radius 3 is 2.94 bits per heavy atom. The second-order valence-corrected chi connectivity index (χ2v) is 6.31. The molecule has 1 aliphatic rings. The number of morpholine rings is 1. The lowest BCUT2D eigenvalue weighted by Gasteiger charge is -2.33. The van der Waals surface area contributed by atoms with Gasteiger partial charge in [-0.25, -0.2) is 8.42 Å². The van der Waals surface area contributed by atoms with Crippen LogP contribution < -0.4 is 0 Å². The molecule has 1 atom stereocenters. The molecule has 7 heteroatoms. The van der Waals surface area contributed by atoms with Crippen molar-refractivity contribution in [2.24, 2.45) is 0 Å². The number of benzene rings is 1. The molecule has 0 aliphatic carbocycles. The highest BCUT2D eigenvalue weighted by Crippen LogP contribution is 2.22. The maximum atomic E-state index is 12.4. The quantitative estimate of drug-likeness (QED) is 0.891. The summed E-state index contributed by atoms with van der Waals surface area (Å²) < 4.78 is 31.3. The Morgan fingerprint density at radius 2 is 2.28 bits per heavy atom. The Bertz CT molecular complexity index is 520. The number of hydrogen-bond donors (Lipinski definition) is 1.